The van der Waals surface area contributed by atoms with Crippen LogP contribution in [-0.4, -0.2) is 6.71 Å². The SMILES string of the molecule is CC(C)(C)c1cc(N2c3cc(-c4ccccc4)ccc3B3c4cc5c(cc4N(c4cc(C(C)(C)C)cc(C(C)(C)C)c4)c4cccc2c43)CCC5)cc(C(C)(C)C)c1. The summed E-state index contributed by atoms with van der Waals surface area (Å²) >= 11 is 0. The molecule has 6 aromatic carbocycles. The van der Waals surface area contributed by atoms with E-state index in [1.54, 1.807) is 0 Å². The Labute approximate surface area is 349 Å². The lowest BCUT2D eigenvalue weighted by atomic mass is 9.33. The maximum atomic E-state index is 2.64. The molecule has 0 spiro atoms. The predicted molar refractivity (Wildman–Crippen MR) is 253 cm³/mol. The Hall–Kier alpha value is -5.02. The molecule has 9 rings (SSSR count). The summed E-state index contributed by atoms with van der Waals surface area (Å²) in [7, 11) is 0. The Morgan fingerprint density at radius 3 is 1.34 bits per heavy atom. The van der Waals surface area contributed by atoms with Gasteiger partial charge < -0.3 is 9.80 Å². The maximum absolute atomic E-state index is 2.64. The number of fused-ring (bicyclic) bond motifs is 5. The van der Waals surface area contributed by atoms with E-state index in [-0.39, 0.29) is 28.4 Å². The number of rotatable bonds is 3. The third-order valence-corrected chi connectivity index (χ3v) is 13.1. The van der Waals surface area contributed by atoms with Crippen molar-refractivity contribution < 1.29 is 0 Å². The fraction of sp³-hybridized carbons (Fsp3) is 0.345. The molecule has 0 amide bonds. The summed E-state index contributed by atoms with van der Waals surface area (Å²) in [6.07, 6.45) is 3.52. The molecule has 2 aliphatic heterocycles. The molecule has 0 atom stereocenters. The maximum Gasteiger partial charge on any atom is 0.252 e. The van der Waals surface area contributed by atoms with Crippen molar-refractivity contribution in [3.05, 3.63) is 149 Å². The van der Waals surface area contributed by atoms with Crippen molar-refractivity contribution in [3.63, 3.8) is 0 Å². The topological polar surface area (TPSA) is 6.48 Å². The molecule has 0 N–H and O–H groups in total. The average molecular weight is 761 g/mol. The van der Waals surface area contributed by atoms with E-state index in [0.717, 1.165) is 12.8 Å². The summed E-state index contributed by atoms with van der Waals surface area (Å²) in [4.78, 5) is 5.26. The lowest BCUT2D eigenvalue weighted by molar-refractivity contribution is 0.568. The van der Waals surface area contributed by atoms with E-state index in [2.05, 4.69) is 208 Å². The van der Waals surface area contributed by atoms with Crippen molar-refractivity contribution in [1.29, 1.82) is 0 Å². The summed E-state index contributed by atoms with van der Waals surface area (Å²) in [5.41, 5.74) is 22.8. The van der Waals surface area contributed by atoms with E-state index in [4.69, 9.17) is 0 Å². The molecular formula is C55H61BN2. The van der Waals surface area contributed by atoms with Crippen LogP contribution >= 0.6 is 0 Å². The van der Waals surface area contributed by atoms with Crippen LogP contribution in [0.5, 0.6) is 0 Å². The van der Waals surface area contributed by atoms with Crippen LogP contribution in [0.2, 0.25) is 0 Å². The number of aryl methyl sites for hydroxylation is 2. The molecule has 0 saturated heterocycles. The van der Waals surface area contributed by atoms with Crippen LogP contribution in [-0.2, 0) is 34.5 Å². The van der Waals surface area contributed by atoms with Crippen LogP contribution in [0.15, 0.2) is 115 Å². The molecule has 0 saturated carbocycles. The van der Waals surface area contributed by atoms with Crippen LogP contribution in [0.1, 0.15) is 123 Å². The first-order chi connectivity index (χ1) is 27.3. The zero-order chi connectivity index (χ0) is 41.1. The lowest BCUT2D eigenvalue weighted by Crippen LogP contribution is -2.61. The summed E-state index contributed by atoms with van der Waals surface area (Å²) < 4.78 is 0. The molecule has 2 nitrogen and oxygen atoms in total. The highest BCUT2D eigenvalue weighted by molar-refractivity contribution is 7.00. The molecule has 58 heavy (non-hydrogen) atoms. The minimum atomic E-state index is -0.0158. The lowest BCUT2D eigenvalue weighted by Gasteiger charge is -2.45. The highest BCUT2D eigenvalue weighted by atomic mass is 15.2. The van der Waals surface area contributed by atoms with Gasteiger partial charge in [0, 0.05) is 34.1 Å². The Bertz CT molecular complexity index is 2520. The normalized spacial score (nSPS) is 14.9. The van der Waals surface area contributed by atoms with E-state index < -0.39 is 0 Å². The fourth-order valence-electron chi connectivity index (χ4n) is 9.58. The molecule has 3 heteroatoms. The summed E-state index contributed by atoms with van der Waals surface area (Å²) in [6.45, 7) is 28.3. The molecule has 3 aliphatic rings. The number of nitrogens with zero attached hydrogens (tertiary/aromatic N) is 2. The van der Waals surface area contributed by atoms with Crippen molar-refractivity contribution in [2.75, 3.05) is 9.80 Å². The number of hydrogen-bond donors (Lipinski definition) is 0. The highest BCUT2D eigenvalue weighted by Gasteiger charge is 2.44. The van der Waals surface area contributed by atoms with Crippen LogP contribution < -0.4 is 26.2 Å². The van der Waals surface area contributed by atoms with Gasteiger partial charge in [-0.25, -0.2) is 0 Å². The van der Waals surface area contributed by atoms with Gasteiger partial charge in [0.15, 0.2) is 0 Å². The van der Waals surface area contributed by atoms with Gasteiger partial charge >= 0.3 is 0 Å². The van der Waals surface area contributed by atoms with Crippen molar-refractivity contribution in [1.82, 2.24) is 0 Å². The van der Waals surface area contributed by atoms with Crippen LogP contribution in [0.4, 0.5) is 34.1 Å². The van der Waals surface area contributed by atoms with E-state index in [0.29, 0.717) is 0 Å². The second kappa shape index (κ2) is 13.3. The van der Waals surface area contributed by atoms with Gasteiger partial charge in [-0.3, -0.25) is 0 Å². The Morgan fingerprint density at radius 2 is 0.862 bits per heavy atom. The smallest absolute Gasteiger partial charge is 0.252 e. The Morgan fingerprint density at radius 1 is 0.397 bits per heavy atom. The molecule has 0 fully saturated rings. The second-order valence-electron chi connectivity index (χ2n) is 21.5. The van der Waals surface area contributed by atoms with E-state index >= 15 is 0 Å². The molecule has 294 valence electrons. The van der Waals surface area contributed by atoms with E-state index in [9.17, 15) is 0 Å². The molecule has 6 aromatic rings. The number of benzene rings is 6. The molecule has 0 radical (unpaired) electrons. The number of anilines is 6. The molecule has 0 aromatic heterocycles. The van der Waals surface area contributed by atoms with Gasteiger partial charge in [-0.05, 0) is 150 Å². The van der Waals surface area contributed by atoms with Gasteiger partial charge in [0.05, 0.1) is 0 Å². The zero-order valence-corrected chi connectivity index (χ0v) is 37.1. The standard InChI is InChI=1S/C55H61BN2/c1-52(2,3)39-29-40(53(4,5)6)32-43(31-39)57-47-22-17-23-48-51(47)56(45-25-24-38(28-49(45)57)35-18-14-13-15-19-35)46-26-36-20-16-21-37(36)27-50(46)58(48)44-33-41(54(7,8)9)30-42(34-44)55(10,11)12/h13-15,17-19,22-34H,16,20-21H2,1-12H3. The molecule has 0 bridgehead atoms. The summed E-state index contributed by atoms with van der Waals surface area (Å²) in [5.74, 6) is 0. The molecule has 2 heterocycles. The largest absolute Gasteiger partial charge is 0.311 e. The Kier molecular flexibility index (Phi) is 8.80. The minimum absolute atomic E-state index is 0.000243. The second-order valence-corrected chi connectivity index (χ2v) is 21.5. The van der Waals surface area contributed by atoms with Crippen LogP contribution in [0.3, 0.4) is 0 Å². The van der Waals surface area contributed by atoms with Crippen molar-refractivity contribution >= 4 is 57.2 Å². The van der Waals surface area contributed by atoms with Gasteiger partial charge in [0.25, 0.3) is 6.71 Å². The van der Waals surface area contributed by atoms with E-state index in [1.165, 1.54) is 101 Å². The van der Waals surface area contributed by atoms with Crippen molar-refractivity contribution in [2.24, 2.45) is 0 Å². The van der Waals surface area contributed by atoms with Gasteiger partial charge in [0.2, 0.25) is 0 Å². The van der Waals surface area contributed by atoms with Gasteiger partial charge in [0.1, 0.15) is 0 Å². The molecular weight excluding hydrogens is 699 g/mol. The third kappa shape index (κ3) is 6.50. The first-order valence-electron chi connectivity index (χ1n) is 21.7. The third-order valence-electron chi connectivity index (χ3n) is 13.1. The predicted octanol–water partition coefficient (Wildman–Crippen LogP) is 13.1. The first-order valence-corrected chi connectivity index (χ1v) is 21.7. The monoisotopic (exact) mass is 760 g/mol. The van der Waals surface area contributed by atoms with Crippen molar-refractivity contribution in [3.8, 4) is 11.1 Å². The Balaban J connectivity index is 1.38. The van der Waals surface area contributed by atoms with Gasteiger partial charge in [-0.15, -0.1) is 0 Å². The molecule has 1 aliphatic carbocycles. The molecule has 0 unspecified atom stereocenters. The summed E-state index contributed by atoms with van der Waals surface area (Å²) in [6, 6.07) is 45.3. The van der Waals surface area contributed by atoms with Gasteiger partial charge in [-0.2, -0.15) is 0 Å². The van der Waals surface area contributed by atoms with E-state index in [1.807, 2.05) is 0 Å². The highest BCUT2D eigenvalue weighted by Crippen LogP contribution is 2.48. The first kappa shape index (κ1) is 38.5. The quantitative estimate of drug-likeness (QED) is 0.166. The van der Waals surface area contributed by atoms with Gasteiger partial charge in [-0.1, -0.05) is 150 Å². The van der Waals surface area contributed by atoms with Crippen LogP contribution in [0.25, 0.3) is 11.1 Å². The van der Waals surface area contributed by atoms with Crippen molar-refractivity contribution in [2.45, 2.75) is 124 Å². The number of hydrogen-bond acceptors (Lipinski definition) is 2. The fourth-order valence-corrected chi connectivity index (χ4v) is 9.58. The minimum Gasteiger partial charge on any atom is -0.311 e. The zero-order valence-electron chi connectivity index (χ0n) is 37.1. The van der Waals surface area contributed by atoms with Crippen LogP contribution in [0, 0.1) is 0 Å². The average Bonchev–Trinajstić information content (AvgIpc) is 3.63. The summed E-state index contributed by atoms with van der Waals surface area (Å²) in [5, 5.41) is 0.